The number of nitrogens with two attached hydrogens (primary N) is 1. The topological polar surface area (TPSA) is 55.9 Å². The average molecular weight is 206 g/mol. The van der Waals surface area contributed by atoms with Gasteiger partial charge in [0, 0.05) is 24.5 Å². The Labute approximate surface area is 89.9 Å². The highest BCUT2D eigenvalue weighted by Crippen LogP contribution is 2.25. The molecule has 2 aliphatic rings. The highest BCUT2D eigenvalue weighted by Gasteiger charge is 2.25. The van der Waals surface area contributed by atoms with E-state index in [4.69, 9.17) is 5.73 Å². The van der Waals surface area contributed by atoms with E-state index in [1.165, 1.54) is 24.4 Å². The SMILES string of the molecule is NC1CCc2cnc(C3CCCN3)n2C1. The molecule has 0 radical (unpaired) electrons. The van der Waals surface area contributed by atoms with Crippen LogP contribution >= 0.6 is 0 Å². The van der Waals surface area contributed by atoms with E-state index < -0.39 is 0 Å². The van der Waals surface area contributed by atoms with Gasteiger partial charge in [-0.15, -0.1) is 0 Å². The van der Waals surface area contributed by atoms with Crippen LogP contribution in [0.1, 0.15) is 36.8 Å². The van der Waals surface area contributed by atoms with E-state index in [0.717, 1.165) is 25.9 Å². The first-order chi connectivity index (χ1) is 7.34. The maximum absolute atomic E-state index is 6.01. The minimum Gasteiger partial charge on any atom is -0.329 e. The average Bonchev–Trinajstić information content (AvgIpc) is 2.83. The lowest BCUT2D eigenvalue weighted by Crippen LogP contribution is -2.33. The zero-order valence-electron chi connectivity index (χ0n) is 8.95. The van der Waals surface area contributed by atoms with Crippen molar-refractivity contribution in [1.29, 1.82) is 0 Å². The standard InChI is InChI=1S/C11H18N4/c12-8-3-4-9-6-14-11(15(9)7-8)10-2-1-5-13-10/h6,8,10,13H,1-5,7,12H2. The van der Waals surface area contributed by atoms with Crippen molar-refractivity contribution in [2.45, 2.75) is 44.3 Å². The summed E-state index contributed by atoms with van der Waals surface area (Å²) in [6.45, 7) is 2.07. The Kier molecular flexibility index (Phi) is 2.25. The van der Waals surface area contributed by atoms with E-state index in [2.05, 4.69) is 14.9 Å². The van der Waals surface area contributed by atoms with E-state index in [1.54, 1.807) is 0 Å². The van der Waals surface area contributed by atoms with E-state index in [1.807, 2.05) is 6.20 Å². The number of imidazole rings is 1. The lowest BCUT2D eigenvalue weighted by molar-refractivity contribution is 0.431. The van der Waals surface area contributed by atoms with Crippen molar-refractivity contribution in [2.75, 3.05) is 6.54 Å². The van der Waals surface area contributed by atoms with Gasteiger partial charge in [-0.1, -0.05) is 0 Å². The van der Waals surface area contributed by atoms with Crippen molar-refractivity contribution < 1.29 is 0 Å². The van der Waals surface area contributed by atoms with E-state index in [-0.39, 0.29) is 0 Å². The number of hydrogen-bond donors (Lipinski definition) is 2. The fourth-order valence-electron chi connectivity index (χ4n) is 2.68. The molecule has 3 heterocycles. The van der Waals surface area contributed by atoms with Gasteiger partial charge in [0.15, 0.2) is 0 Å². The van der Waals surface area contributed by atoms with Crippen LogP contribution in [-0.2, 0) is 13.0 Å². The molecule has 2 atom stereocenters. The summed E-state index contributed by atoms with van der Waals surface area (Å²) in [5, 5.41) is 3.50. The summed E-state index contributed by atoms with van der Waals surface area (Å²) in [7, 11) is 0. The first-order valence-electron chi connectivity index (χ1n) is 5.88. The Balaban J connectivity index is 1.92. The highest BCUT2D eigenvalue weighted by atomic mass is 15.1. The Morgan fingerprint density at radius 3 is 3.20 bits per heavy atom. The smallest absolute Gasteiger partial charge is 0.126 e. The normalized spacial score (nSPS) is 30.5. The fourth-order valence-corrected chi connectivity index (χ4v) is 2.68. The van der Waals surface area contributed by atoms with Gasteiger partial charge < -0.3 is 15.6 Å². The molecule has 0 saturated carbocycles. The third kappa shape index (κ3) is 1.58. The van der Waals surface area contributed by atoms with Crippen LogP contribution in [0.5, 0.6) is 0 Å². The number of aromatic nitrogens is 2. The molecule has 0 spiro atoms. The van der Waals surface area contributed by atoms with Gasteiger partial charge >= 0.3 is 0 Å². The summed E-state index contributed by atoms with van der Waals surface area (Å²) in [5.74, 6) is 1.21. The fraction of sp³-hybridized carbons (Fsp3) is 0.727. The lowest BCUT2D eigenvalue weighted by Gasteiger charge is -2.23. The van der Waals surface area contributed by atoms with Crippen molar-refractivity contribution in [3.05, 3.63) is 17.7 Å². The molecule has 1 saturated heterocycles. The molecule has 3 N–H and O–H groups in total. The first kappa shape index (κ1) is 9.36. The molecule has 0 aliphatic carbocycles. The summed E-state index contributed by atoms with van der Waals surface area (Å²) < 4.78 is 2.33. The molecule has 82 valence electrons. The van der Waals surface area contributed by atoms with Gasteiger partial charge in [-0.25, -0.2) is 4.98 Å². The number of aryl methyl sites for hydroxylation is 1. The third-order valence-corrected chi connectivity index (χ3v) is 3.53. The highest BCUT2D eigenvalue weighted by molar-refractivity contribution is 5.13. The van der Waals surface area contributed by atoms with Crippen LogP contribution in [0, 0.1) is 0 Å². The predicted octanol–water partition coefficient (Wildman–Crippen LogP) is 0.581. The van der Waals surface area contributed by atoms with Crippen LogP contribution in [0.25, 0.3) is 0 Å². The molecule has 15 heavy (non-hydrogen) atoms. The van der Waals surface area contributed by atoms with E-state index >= 15 is 0 Å². The molecule has 3 rings (SSSR count). The van der Waals surface area contributed by atoms with E-state index in [9.17, 15) is 0 Å². The second-order valence-corrected chi connectivity index (χ2v) is 4.67. The summed E-state index contributed by atoms with van der Waals surface area (Å²) >= 11 is 0. The summed E-state index contributed by atoms with van der Waals surface area (Å²) in [6.07, 6.45) is 6.69. The Morgan fingerprint density at radius 1 is 1.47 bits per heavy atom. The summed E-state index contributed by atoms with van der Waals surface area (Å²) in [4.78, 5) is 4.56. The Hall–Kier alpha value is -0.870. The molecule has 1 aromatic rings. The van der Waals surface area contributed by atoms with Gasteiger partial charge in [0.1, 0.15) is 5.82 Å². The molecular formula is C11H18N4. The van der Waals surface area contributed by atoms with Crippen molar-refractivity contribution in [3.8, 4) is 0 Å². The van der Waals surface area contributed by atoms with Gasteiger partial charge in [0.05, 0.1) is 6.04 Å². The minimum atomic E-state index is 0.312. The molecule has 4 heteroatoms. The molecule has 4 nitrogen and oxygen atoms in total. The van der Waals surface area contributed by atoms with Gasteiger partial charge in [-0.2, -0.15) is 0 Å². The van der Waals surface area contributed by atoms with Crippen molar-refractivity contribution in [3.63, 3.8) is 0 Å². The van der Waals surface area contributed by atoms with Gasteiger partial charge in [0.25, 0.3) is 0 Å². The monoisotopic (exact) mass is 206 g/mol. The van der Waals surface area contributed by atoms with Gasteiger partial charge in [-0.3, -0.25) is 0 Å². The zero-order chi connectivity index (χ0) is 10.3. The van der Waals surface area contributed by atoms with Crippen LogP contribution in [0.4, 0.5) is 0 Å². The minimum absolute atomic E-state index is 0.312. The summed E-state index contributed by atoms with van der Waals surface area (Å²) in [5.41, 5.74) is 7.37. The zero-order valence-corrected chi connectivity index (χ0v) is 8.95. The van der Waals surface area contributed by atoms with Crippen LogP contribution < -0.4 is 11.1 Å². The Bertz CT molecular complexity index is 351. The molecule has 1 aromatic heterocycles. The van der Waals surface area contributed by atoms with Crippen LogP contribution in [0.3, 0.4) is 0 Å². The van der Waals surface area contributed by atoms with E-state index in [0.29, 0.717) is 12.1 Å². The molecule has 0 amide bonds. The molecule has 2 aliphatic heterocycles. The van der Waals surface area contributed by atoms with Crippen molar-refractivity contribution >= 4 is 0 Å². The van der Waals surface area contributed by atoms with Crippen LogP contribution in [0.2, 0.25) is 0 Å². The number of fused-ring (bicyclic) bond motifs is 1. The molecule has 2 unspecified atom stereocenters. The Morgan fingerprint density at radius 2 is 2.40 bits per heavy atom. The summed E-state index contributed by atoms with van der Waals surface area (Å²) in [6, 6.07) is 0.774. The number of rotatable bonds is 1. The second kappa shape index (κ2) is 3.61. The third-order valence-electron chi connectivity index (χ3n) is 3.53. The number of nitrogens with zero attached hydrogens (tertiary/aromatic N) is 2. The molecular weight excluding hydrogens is 188 g/mol. The second-order valence-electron chi connectivity index (χ2n) is 4.67. The number of nitrogens with one attached hydrogen (secondary N) is 1. The predicted molar refractivity (Wildman–Crippen MR) is 58.5 cm³/mol. The van der Waals surface area contributed by atoms with Crippen LogP contribution in [-0.4, -0.2) is 22.1 Å². The maximum Gasteiger partial charge on any atom is 0.126 e. The quantitative estimate of drug-likeness (QED) is 0.706. The lowest BCUT2D eigenvalue weighted by atomic mass is 10.1. The van der Waals surface area contributed by atoms with Crippen LogP contribution in [0.15, 0.2) is 6.20 Å². The molecule has 0 bridgehead atoms. The van der Waals surface area contributed by atoms with Gasteiger partial charge in [0.2, 0.25) is 0 Å². The van der Waals surface area contributed by atoms with Gasteiger partial charge in [-0.05, 0) is 32.2 Å². The van der Waals surface area contributed by atoms with Crippen molar-refractivity contribution in [1.82, 2.24) is 14.9 Å². The molecule has 1 fully saturated rings. The van der Waals surface area contributed by atoms with Crippen molar-refractivity contribution in [2.24, 2.45) is 5.73 Å². The number of hydrogen-bond acceptors (Lipinski definition) is 3. The maximum atomic E-state index is 6.01. The molecule has 0 aromatic carbocycles. The largest absolute Gasteiger partial charge is 0.329 e. The first-order valence-corrected chi connectivity index (χ1v) is 5.88.